The van der Waals surface area contributed by atoms with Gasteiger partial charge in [0.1, 0.15) is 11.9 Å². The highest BCUT2D eigenvalue weighted by Gasteiger charge is 2.63. The Morgan fingerprint density at radius 3 is 2.23 bits per heavy atom. The zero-order valence-corrected chi connectivity index (χ0v) is 21.2. The molecule has 1 atom stereocenters. The highest BCUT2D eigenvalue weighted by atomic mass is 32.2. The summed E-state index contributed by atoms with van der Waals surface area (Å²) in [6.45, 7) is 0.952. The molecule has 0 aromatic heterocycles. The van der Waals surface area contributed by atoms with E-state index in [9.17, 15) is 39.2 Å². The molecule has 1 saturated heterocycles. The van der Waals surface area contributed by atoms with Gasteiger partial charge in [0.25, 0.3) is 0 Å². The maximum Gasteiger partial charge on any atom is 0.455 e. The molecule has 1 saturated carbocycles. The van der Waals surface area contributed by atoms with E-state index in [0.717, 1.165) is 17.1 Å². The molecule has 1 aliphatic carbocycles. The molecular weight excluding hydrogens is 553 g/mol. The Kier molecular flexibility index (Phi) is 7.08. The molecule has 0 radical (unpaired) electrons. The number of rotatable bonds is 7. The molecule has 0 amide bonds. The molecule has 0 spiro atoms. The molecule has 0 bridgehead atoms. The van der Waals surface area contributed by atoms with Gasteiger partial charge in [-0.1, -0.05) is 12.1 Å². The molecule has 2 aromatic rings. The minimum Gasteiger partial charge on any atom is -0.371 e. The van der Waals surface area contributed by atoms with Crippen LogP contribution in [0, 0.1) is 11.6 Å². The van der Waals surface area contributed by atoms with E-state index in [4.69, 9.17) is 0 Å². The van der Waals surface area contributed by atoms with Crippen LogP contribution in [0.4, 0.5) is 42.1 Å². The first kappa shape index (κ1) is 27.7. The number of nitrogens with one attached hydrogen (secondary N) is 2. The molecule has 5 rings (SSSR count). The van der Waals surface area contributed by atoms with Gasteiger partial charge in [0.05, 0.1) is 16.6 Å². The number of nitrogens with zero attached hydrogens (tertiary/aromatic N) is 2. The van der Waals surface area contributed by atoms with Crippen molar-refractivity contribution in [3.8, 4) is 0 Å². The molecule has 2 aromatic carbocycles. The van der Waals surface area contributed by atoms with E-state index >= 15 is 0 Å². The van der Waals surface area contributed by atoms with Gasteiger partial charge < -0.3 is 4.90 Å². The van der Waals surface area contributed by atoms with Crippen LogP contribution < -0.4 is 20.1 Å². The average Bonchev–Trinajstić information content (AvgIpc) is 3.64. The van der Waals surface area contributed by atoms with Crippen LogP contribution in [0.2, 0.25) is 0 Å². The minimum absolute atomic E-state index is 0.164. The second-order valence-corrected chi connectivity index (χ2v) is 11.9. The fourth-order valence-corrected chi connectivity index (χ4v) is 6.40. The number of alkyl halides is 5. The monoisotopic (exact) mass is 578 g/mol. The van der Waals surface area contributed by atoms with Gasteiger partial charge in [-0.3, -0.25) is 5.01 Å². The van der Waals surface area contributed by atoms with Gasteiger partial charge in [0, 0.05) is 36.4 Å². The molecule has 2 heterocycles. The molecule has 2 fully saturated rings. The van der Waals surface area contributed by atoms with E-state index < -0.39 is 45.5 Å². The highest BCUT2D eigenvalue weighted by molar-refractivity contribution is 7.90. The van der Waals surface area contributed by atoms with Gasteiger partial charge in [0.2, 0.25) is 10.0 Å². The van der Waals surface area contributed by atoms with E-state index in [1.807, 2.05) is 10.3 Å². The van der Waals surface area contributed by atoms with Gasteiger partial charge >= 0.3 is 12.1 Å². The van der Waals surface area contributed by atoms with Crippen molar-refractivity contribution < 1.29 is 39.2 Å². The predicted octanol–water partition coefficient (Wildman–Crippen LogP) is 4.95. The van der Waals surface area contributed by atoms with Crippen LogP contribution >= 0.6 is 0 Å². The smallest absolute Gasteiger partial charge is 0.371 e. The molecule has 14 heteroatoms. The summed E-state index contributed by atoms with van der Waals surface area (Å²) in [5.74, 6) is -7.28. The fraction of sp³-hybridized carbons (Fsp3) is 0.440. The van der Waals surface area contributed by atoms with Crippen molar-refractivity contribution in [1.82, 2.24) is 10.1 Å². The summed E-state index contributed by atoms with van der Waals surface area (Å²) in [5.41, 5.74) is 2.29. The lowest BCUT2D eigenvalue weighted by molar-refractivity contribution is -0.287. The summed E-state index contributed by atoms with van der Waals surface area (Å²) in [4.78, 5) is 1.94. The van der Waals surface area contributed by atoms with Crippen molar-refractivity contribution in [3.05, 3.63) is 65.7 Å². The normalized spacial score (nSPS) is 21.4. The summed E-state index contributed by atoms with van der Waals surface area (Å²) in [7, 11) is -3.34. The second kappa shape index (κ2) is 9.97. The predicted molar refractivity (Wildman–Crippen MR) is 131 cm³/mol. The van der Waals surface area contributed by atoms with Crippen LogP contribution in [0.1, 0.15) is 31.2 Å². The maximum atomic E-state index is 14.6. The second-order valence-electron chi connectivity index (χ2n) is 9.88. The van der Waals surface area contributed by atoms with E-state index in [1.165, 1.54) is 6.07 Å². The number of sulfonamides is 1. The number of hydrazine groups is 1. The fourth-order valence-electron chi connectivity index (χ4n) is 4.75. The minimum atomic E-state index is -5.88. The zero-order valence-electron chi connectivity index (χ0n) is 20.4. The molecule has 6 nitrogen and oxygen atoms in total. The summed E-state index contributed by atoms with van der Waals surface area (Å²) in [6.07, 6.45) is -2.86. The SMILES string of the molecule is O=S(=O)(NC1CCN(c2cccc(C3=CC(C(F)(F)C(F)(F)F)NN3c3ccc(F)cc3F)c2)CC1)C1CC1. The van der Waals surface area contributed by atoms with Gasteiger partial charge in [-0.25, -0.2) is 27.3 Å². The number of halogens is 7. The summed E-state index contributed by atoms with van der Waals surface area (Å²) in [5, 5.41) is 0.430. The summed E-state index contributed by atoms with van der Waals surface area (Å²) in [6, 6.07) is 5.91. The number of hydrogen-bond donors (Lipinski definition) is 2. The molecule has 3 aliphatic rings. The topological polar surface area (TPSA) is 64.7 Å². The van der Waals surface area contributed by atoms with E-state index in [0.29, 0.717) is 56.6 Å². The summed E-state index contributed by atoms with van der Waals surface area (Å²) >= 11 is 0. The summed E-state index contributed by atoms with van der Waals surface area (Å²) < 4.78 is 123. The Morgan fingerprint density at radius 1 is 0.923 bits per heavy atom. The molecule has 1 unspecified atom stereocenters. The van der Waals surface area contributed by atoms with Crippen LogP contribution in [0.3, 0.4) is 0 Å². The third kappa shape index (κ3) is 5.59. The average molecular weight is 579 g/mol. The number of anilines is 2. The van der Waals surface area contributed by atoms with Crippen molar-refractivity contribution in [2.45, 2.75) is 55.1 Å². The molecule has 212 valence electrons. The van der Waals surface area contributed by atoms with Crippen LogP contribution in [0.5, 0.6) is 0 Å². The van der Waals surface area contributed by atoms with Crippen LogP contribution in [0.15, 0.2) is 48.5 Å². The van der Waals surface area contributed by atoms with Crippen molar-refractivity contribution >= 4 is 27.1 Å². The van der Waals surface area contributed by atoms with Gasteiger partial charge in [-0.05, 0) is 56.0 Å². The number of piperidine rings is 1. The lowest BCUT2D eigenvalue weighted by Gasteiger charge is -2.34. The lowest BCUT2D eigenvalue weighted by Crippen LogP contribution is -2.54. The highest BCUT2D eigenvalue weighted by Crippen LogP contribution is 2.43. The molecular formula is C25H25F7N4O2S. The first-order chi connectivity index (χ1) is 18.3. The van der Waals surface area contributed by atoms with E-state index in [-0.39, 0.29) is 22.6 Å². The third-order valence-corrected chi connectivity index (χ3v) is 9.06. The molecule has 2 aliphatic heterocycles. The Balaban J connectivity index is 1.40. The first-order valence-electron chi connectivity index (χ1n) is 12.3. The number of benzene rings is 2. The zero-order chi connectivity index (χ0) is 28.2. The van der Waals surface area contributed by atoms with Gasteiger partial charge in [0.15, 0.2) is 5.82 Å². The van der Waals surface area contributed by atoms with Gasteiger partial charge in [-0.15, -0.1) is 0 Å². The van der Waals surface area contributed by atoms with Crippen LogP contribution in [0.25, 0.3) is 5.70 Å². The standard InChI is InChI=1S/C25H25F7N4O2S/c26-16-4-7-21(20(27)13-16)36-22(14-23(33-36)24(28,29)25(30,31)32)15-2-1-3-18(12-15)35-10-8-17(9-11-35)34-39(37,38)19-5-6-19/h1-4,7,12-14,17,19,23,33-34H,5-6,8-11H2. The first-order valence-corrected chi connectivity index (χ1v) is 13.8. The number of hydrogen-bond acceptors (Lipinski definition) is 5. The quantitative estimate of drug-likeness (QED) is 0.456. The van der Waals surface area contributed by atoms with Crippen LogP contribution in [-0.4, -0.2) is 50.9 Å². The Bertz CT molecular complexity index is 1370. The Labute approximate surface area is 220 Å². The largest absolute Gasteiger partial charge is 0.455 e. The van der Waals surface area contributed by atoms with E-state index in [2.05, 4.69) is 4.72 Å². The Morgan fingerprint density at radius 2 is 1.62 bits per heavy atom. The lowest BCUT2D eigenvalue weighted by atomic mass is 10.0. The van der Waals surface area contributed by atoms with Crippen molar-refractivity contribution in [3.63, 3.8) is 0 Å². The van der Waals surface area contributed by atoms with Crippen LogP contribution in [-0.2, 0) is 10.0 Å². The van der Waals surface area contributed by atoms with Crippen molar-refractivity contribution in [2.75, 3.05) is 23.0 Å². The maximum absolute atomic E-state index is 14.6. The third-order valence-electron chi connectivity index (χ3n) is 7.05. The van der Waals surface area contributed by atoms with Gasteiger partial charge in [-0.2, -0.15) is 22.0 Å². The molecule has 39 heavy (non-hydrogen) atoms. The Hall–Kier alpha value is -2.84. The van der Waals surface area contributed by atoms with Crippen molar-refractivity contribution in [2.24, 2.45) is 0 Å². The van der Waals surface area contributed by atoms with Crippen molar-refractivity contribution in [1.29, 1.82) is 0 Å². The molecule has 2 N–H and O–H groups in total. The van der Waals surface area contributed by atoms with E-state index in [1.54, 1.807) is 18.2 Å².